The van der Waals surface area contributed by atoms with E-state index in [4.69, 9.17) is 27.9 Å². The van der Waals surface area contributed by atoms with Gasteiger partial charge in [-0.2, -0.15) is 0 Å². The predicted octanol–water partition coefficient (Wildman–Crippen LogP) is 2.29. The lowest BCUT2D eigenvalue weighted by atomic mass is 10.0. The van der Waals surface area contributed by atoms with Gasteiger partial charge in [0.15, 0.2) is 0 Å². The number of carbonyl (C=O) groups is 1. The molecule has 108 valence electrons. The fourth-order valence-electron chi connectivity index (χ4n) is 3.06. The normalized spacial score (nSPS) is 24.9. The lowest BCUT2D eigenvalue weighted by Gasteiger charge is -2.19. The summed E-state index contributed by atoms with van der Waals surface area (Å²) in [6, 6.07) is 3.19. The summed E-state index contributed by atoms with van der Waals surface area (Å²) in [5, 5.41) is 4.12. The zero-order valence-corrected chi connectivity index (χ0v) is 12.7. The van der Waals surface area contributed by atoms with Crippen LogP contribution in [0.1, 0.15) is 10.4 Å². The van der Waals surface area contributed by atoms with E-state index in [0.29, 0.717) is 33.2 Å². The minimum Gasteiger partial charge on any atom is -0.496 e. The Morgan fingerprint density at radius 3 is 2.45 bits per heavy atom. The van der Waals surface area contributed by atoms with Crippen LogP contribution >= 0.6 is 23.2 Å². The van der Waals surface area contributed by atoms with Gasteiger partial charge in [-0.15, -0.1) is 0 Å². The number of carbonyl (C=O) groups excluding carboxylic acids is 1. The van der Waals surface area contributed by atoms with Crippen molar-refractivity contribution in [3.8, 4) is 5.75 Å². The number of amides is 1. The fraction of sp³-hybridized carbons (Fsp3) is 0.500. The van der Waals surface area contributed by atoms with E-state index in [9.17, 15) is 4.79 Å². The van der Waals surface area contributed by atoms with Crippen LogP contribution in [-0.4, -0.2) is 44.1 Å². The van der Waals surface area contributed by atoms with Crippen LogP contribution < -0.4 is 10.1 Å². The Morgan fingerprint density at radius 2 is 1.85 bits per heavy atom. The van der Waals surface area contributed by atoms with Gasteiger partial charge in [-0.3, -0.25) is 4.79 Å². The highest BCUT2D eigenvalue weighted by Crippen LogP contribution is 2.33. The number of likely N-dealkylation sites (tertiary alicyclic amines) is 1. The summed E-state index contributed by atoms with van der Waals surface area (Å²) in [6.45, 7) is 3.57. The molecule has 2 saturated heterocycles. The lowest BCUT2D eigenvalue weighted by molar-refractivity contribution is 0.0778. The number of hydrogen-bond acceptors (Lipinski definition) is 3. The first kappa shape index (κ1) is 14.0. The molecular weight excluding hydrogens is 299 g/mol. The minimum absolute atomic E-state index is 0.0326. The number of nitrogens with zero attached hydrogens (tertiary/aromatic N) is 1. The molecule has 20 heavy (non-hydrogen) atoms. The molecule has 2 aliphatic rings. The Balaban J connectivity index is 1.85. The van der Waals surface area contributed by atoms with Gasteiger partial charge in [0, 0.05) is 32.2 Å². The molecule has 1 aromatic rings. The van der Waals surface area contributed by atoms with Gasteiger partial charge in [0.2, 0.25) is 0 Å². The van der Waals surface area contributed by atoms with Crippen LogP contribution in [0.3, 0.4) is 0 Å². The Morgan fingerprint density at radius 1 is 1.25 bits per heavy atom. The Bertz CT molecular complexity index is 538. The van der Waals surface area contributed by atoms with Gasteiger partial charge in [0.25, 0.3) is 5.91 Å². The van der Waals surface area contributed by atoms with Gasteiger partial charge in [0.05, 0.1) is 22.7 Å². The summed E-state index contributed by atoms with van der Waals surface area (Å²) in [7, 11) is 1.53. The Labute approximate surface area is 128 Å². The van der Waals surface area contributed by atoms with Crippen LogP contribution in [0.2, 0.25) is 10.0 Å². The third kappa shape index (κ3) is 2.36. The molecule has 1 amide bonds. The van der Waals surface area contributed by atoms with Crippen LogP contribution in [0.15, 0.2) is 12.1 Å². The molecular formula is C14H16Cl2N2O2. The standard InChI is InChI=1S/C14H16Cl2N2O2/c1-20-13-3-12(16)11(15)2-10(13)14(19)18-6-8-4-17-5-9(8)7-18/h2-3,8-9,17H,4-7H2,1H3/t8-,9+. The first-order chi connectivity index (χ1) is 9.60. The molecule has 0 unspecified atom stereocenters. The Kier molecular flexibility index (Phi) is 3.80. The predicted molar refractivity (Wildman–Crippen MR) is 78.8 cm³/mol. The molecule has 0 bridgehead atoms. The van der Waals surface area contributed by atoms with E-state index in [1.54, 1.807) is 12.1 Å². The summed E-state index contributed by atoms with van der Waals surface area (Å²) in [6.07, 6.45) is 0. The summed E-state index contributed by atoms with van der Waals surface area (Å²) in [5.41, 5.74) is 0.481. The molecule has 2 fully saturated rings. The second-order valence-corrected chi connectivity index (χ2v) is 6.17. The maximum atomic E-state index is 12.6. The quantitative estimate of drug-likeness (QED) is 0.910. The van der Waals surface area contributed by atoms with Crippen LogP contribution in [0, 0.1) is 11.8 Å². The summed E-state index contributed by atoms with van der Waals surface area (Å²) in [4.78, 5) is 14.5. The fourth-order valence-corrected chi connectivity index (χ4v) is 3.37. The molecule has 2 aliphatic heterocycles. The zero-order valence-electron chi connectivity index (χ0n) is 11.2. The molecule has 0 aromatic heterocycles. The second-order valence-electron chi connectivity index (χ2n) is 5.36. The van der Waals surface area contributed by atoms with E-state index in [1.165, 1.54) is 7.11 Å². The highest BCUT2D eigenvalue weighted by Gasteiger charge is 2.38. The number of rotatable bonds is 2. The zero-order chi connectivity index (χ0) is 14.3. The number of benzene rings is 1. The van der Waals surface area contributed by atoms with Crippen LogP contribution in [0.5, 0.6) is 5.75 Å². The van der Waals surface area contributed by atoms with E-state index in [1.807, 2.05) is 4.90 Å². The van der Waals surface area contributed by atoms with Gasteiger partial charge in [-0.1, -0.05) is 23.2 Å². The third-order valence-electron chi connectivity index (χ3n) is 4.15. The first-order valence-electron chi connectivity index (χ1n) is 6.63. The largest absolute Gasteiger partial charge is 0.496 e. The van der Waals surface area contributed by atoms with Crippen molar-refractivity contribution < 1.29 is 9.53 Å². The van der Waals surface area contributed by atoms with Crippen LogP contribution in [0.25, 0.3) is 0 Å². The van der Waals surface area contributed by atoms with Crippen molar-refractivity contribution in [2.75, 3.05) is 33.3 Å². The summed E-state index contributed by atoms with van der Waals surface area (Å²) in [5.74, 6) is 1.56. The lowest BCUT2D eigenvalue weighted by Crippen LogP contribution is -2.32. The van der Waals surface area contributed by atoms with E-state index in [-0.39, 0.29) is 5.91 Å². The maximum absolute atomic E-state index is 12.6. The average Bonchev–Trinajstić information content (AvgIpc) is 3.01. The number of methoxy groups -OCH3 is 1. The minimum atomic E-state index is -0.0326. The highest BCUT2D eigenvalue weighted by atomic mass is 35.5. The van der Waals surface area contributed by atoms with Crippen molar-refractivity contribution in [1.82, 2.24) is 10.2 Å². The van der Waals surface area contributed by atoms with Gasteiger partial charge in [-0.05, 0) is 17.9 Å². The van der Waals surface area contributed by atoms with Crippen molar-refractivity contribution >= 4 is 29.1 Å². The monoisotopic (exact) mass is 314 g/mol. The molecule has 6 heteroatoms. The second kappa shape index (κ2) is 5.43. The third-order valence-corrected chi connectivity index (χ3v) is 4.87. The van der Waals surface area contributed by atoms with Gasteiger partial charge in [-0.25, -0.2) is 0 Å². The molecule has 3 rings (SSSR count). The van der Waals surface area contributed by atoms with Gasteiger partial charge in [0.1, 0.15) is 5.75 Å². The van der Waals surface area contributed by atoms with Crippen LogP contribution in [0.4, 0.5) is 0 Å². The number of fused-ring (bicyclic) bond motifs is 1. The average molecular weight is 315 g/mol. The molecule has 0 spiro atoms. The van der Waals surface area contributed by atoms with Crippen molar-refractivity contribution in [2.45, 2.75) is 0 Å². The van der Waals surface area contributed by atoms with Gasteiger partial charge >= 0.3 is 0 Å². The summed E-state index contributed by atoms with van der Waals surface area (Å²) < 4.78 is 5.25. The SMILES string of the molecule is COc1cc(Cl)c(Cl)cc1C(=O)N1C[C@H]2CNC[C@H]2C1. The van der Waals surface area contributed by atoms with Crippen molar-refractivity contribution in [2.24, 2.45) is 11.8 Å². The Hall–Kier alpha value is -0.970. The number of halogens is 2. The summed E-state index contributed by atoms with van der Waals surface area (Å²) >= 11 is 12.0. The smallest absolute Gasteiger partial charge is 0.257 e. The number of ether oxygens (including phenoxy) is 1. The van der Waals surface area contributed by atoms with E-state index < -0.39 is 0 Å². The van der Waals surface area contributed by atoms with Crippen molar-refractivity contribution in [3.63, 3.8) is 0 Å². The van der Waals surface area contributed by atoms with Crippen LogP contribution in [-0.2, 0) is 0 Å². The molecule has 0 radical (unpaired) electrons. The number of nitrogens with one attached hydrogen (secondary N) is 1. The molecule has 2 heterocycles. The molecule has 1 N–H and O–H groups in total. The van der Waals surface area contributed by atoms with E-state index >= 15 is 0 Å². The molecule has 1 aromatic carbocycles. The van der Waals surface area contributed by atoms with E-state index in [2.05, 4.69) is 5.32 Å². The topological polar surface area (TPSA) is 41.6 Å². The van der Waals surface area contributed by atoms with Crippen molar-refractivity contribution in [3.05, 3.63) is 27.7 Å². The number of hydrogen-bond donors (Lipinski definition) is 1. The maximum Gasteiger partial charge on any atom is 0.257 e. The van der Waals surface area contributed by atoms with E-state index in [0.717, 1.165) is 26.2 Å². The molecule has 4 nitrogen and oxygen atoms in total. The highest BCUT2D eigenvalue weighted by molar-refractivity contribution is 6.42. The van der Waals surface area contributed by atoms with Crippen molar-refractivity contribution in [1.29, 1.82) is 0 Å². The molecule has 0 saturated carbocycles. The van der Waals surface area contributed by atoms with Gasteiger partial charge < -0.3 is 15.0 Å². The molecule has 2 atom stereocenters. The molecule has 0 aliphatic carbocycles. The first-order valence-corrected chi connectivity index (χ1v) is 7.38.